The number of alkyl halides is 3. The van der Waals surface area contributed by atoms with Gasteiger partial charge in [-0.1, -0.05) is 12.1 Å². The summed E-state index contributed by atoms with van der Waals surface area (Å²) in [5.41, 5.74) is -0.255. The predicted molar refractivity (Wildman–Crippen MR) is 108 cm³/mol. The second-order valence-electron chi connectivity index (χ2n) is 7.92. The average molecular weight is 430 g/mol. The number of halogens is 4. The molecule has 2 heterocycles. The van der Waals surface area contributed by atoms with Gasteiger partial charge in [0.05, 0.1) is 16.9 Å². The molecule has 9 heteroatoms. The molecule has 2 fully saturated rings. The Bertz CT molecular complexity index is 1150. The van der Waals surface area contributed by atoms with Crippen LogP contribution >= 0.6 is 0 Å². The maximum absolute atomic E-state index is 14.1. The third-order valence-electron chi connectivity index (χ3n) is 6.03. The number of anilines is 2. The molecule has 5 nitrogen and oxygen atoms in total. The normalized spacial score (nSPS) is 22.3. The van der Waals surface area contributed by atoms with E-state index in [1.807, 2.05) is 18.2 Å². The molecule has 0 bridgehead atoms. The van der Waals surface area contributed by atoms with E-state index in [1.54, 1.807) is 23.4 Å². The van der Waals surface area contributed by atoms with Crippen molar-refractivity contribution in [3.05, 3.63) is 66.2 Å². The minimum atomic E-state index is -4.52. The van der Waals surface area contributed by atoms with Crippen LogP contribution in [-0.4, -0.2) is 30.1 Å². The first-order valence-corrected chi connectivity index (χ1v) is 9.83. The standard InChI is InChI=1S/C22H18F4N4O/c23-17-5-4-13(22(24,25)26)8-19(17)30-10-15-16(11-30)20(15)29-21(31)28-18-3-1-2-12-9-27-7-6-14(12)18/h1-9,15-16,20H,10-11H2,(H2,28,29,31)/t15-,16?,20?/m0/s1. The van der Waals surface area contributed by atoms with Gasteiger partial charge in [0.25, 0.3) is 0 Å². The summed E-state index contributed by atoms with van der Waals surface area (Å²) in [6.07, 6.45) is -1.16. The number of carbonyl (C=O) groups is 1. The van der Waals surface area contributed by atoms with Gasteiger partial charge < -0.3 is 15.5 Å². The number of benzene rings is 2. The van der Waals surface area contributed by atoms with Crippen molar-refractivity contribution in [3.63, 3.8) is 0 Å². The van der Waals surface area contributed by atoms with Crippen molar-refractivity contribution < 1.29 is 22.4 Å². The Morgan fingerprint density at radius 3 is 2.61 bits per heavy atom. The lowest BCUT2D eigenvalue weighted by Crippen LogP contribution is -2.37. The van der Waals surface area contributed by atoms with Gasteiger partial charge in [-0.15, -0.1) is 0 Å². The molecule has 0 spiro atoms. The van der Waals surface area contributed by atoms with Gasteiger partial charge in [0.15, 0.2) is 0 Å². The fraction of sp³-hybridized carbons (Fsp3) is 0.273. The number of urea groups is 1. The van der Waals surface area contributed by atoms with E-state index in [2.05, 4.69) is 15.6 Å². The van der Waals surface area contributed by atoms with Gasteiger partial charge >= 0.3 is 12.2 Å². The quantitative estimate of drug-likeness (QED) is 0.595. The Hall–Kier alpha value is -3.36. The van der Waals surface area contributed by atoms with Gasteiger partial charge in [0.1, 0.15) is 5.82 Å². The number of hydrogen-bond acceptors (Lipinski definition) is 3. The molecule has 0 radical (unpaired) electrons. The maximum atomic E-state index is 14.1. The number of rotatable bonds is 3. The first kappa shape index (κ1) is 19.6. The molecule has 2 unspecified atom stereocenters. The molecule has 31 heavy (non-hydrogen) atoms. The van der Waals surface area contributed by atoms with Crippen molar-refractivity contribution in [2.24, 2.45) is 11.8 Å². The third kappa shape index (κ3) is 3.64. The number of pyridine rings is 1. The summed E-state index contributed by atoms with van der Waals surface area (Å²) in [5, 5.41) is 7.55. The number of nitrogens with zero attached hydrogens (tertiary/aromatic N) is 2. The lowest BCUT2D eigenvalue weighted by molar-refractivity contribution is -0.137. The van der Waals surface area contributed by atoms with Crippen molar-refractivity contribution >= 4 is 28.2 Å². The van der Waals surface area contributed by atoms with E-state index in [-0.39, 0.29) is 29.6 Å². The van der Waals surface area contributed by atoms with Crippen molar-refractivity contribution in [2.75, 3.05) is 23.3 Å². The summed E-state index contributed by atoms with van der Waals surface area (Å²) >= 11 is 0. The van der Waals surface area contributed by atoms with E-state index in [9.17, 15) is 22.4 Å². The van der Waals surface area contributed by atoms with Crippen LogP contribution in [0.2, 0.25) is 0 Å². The number of amides is 2. The zero-order chi connectivity index (χ0) is 21.8. The van der Waals surface area contributed by atoms with E-state index in [0.717, 1.165) is 29.0 Å². The molecule has 2 amide bonds. The fourth-order valence-corrected chi connectivity index (χ4v) is 4.41. The van der Waals surface area contributed by atoms with Crippen LogP contribution in [0, 0.1) is 17.7 Å². The van der Waals surface area contributed by atoms with Crippen LogP contribution in [0.4, 0.5) is 33.7 Å². The van der Waals surface area contributed by atoms with Crippen LogP contribution in [0.3, 0.4) is 0 Å². The minimum absolute atomic E-state index is 0.0467. The van der Waals surface area contributed by atoms with Crippen molar-refractivity contribution in [1.82, 2.24) is 10.3 Å². The molecule has 1 aromatic heterocycles. The van der Waals surface area contributed by atoms with Gasteiger partial charge in [0.2, 0.25) is 0 Å². The number of piperidine rings is 1. The lowest BCUT2D eigenvalue weighted by Gasteiger charge is -2.24. The highest BCUT2D eigenvalue weighted by molar-refractivity contribution is 6.01. The Balaban J connectivity index is 1.22. The van der Waals surface area contributed by atoms with Crippen molar-refractivity contribution in [3.8, 4) is 0 Å². The molecule has 1 aliphatic carbocycles. The first-order chi connectivity index (χ1) is 14.8. The highest BCUT2D eigenvalue weighted by Crippen LogP contribution is 2.47. The van der Waals surface area contributed by atoms with Crippen molar-refractivity contribution in [1.29, 1.82) is 0 Å². The second-order valence-corrected chi connectivity index (χ2v) is 7.92. The molecule has 160 valence electrons. The average Bonchev–Trinajstić information content (AvgIpc) is 3.16. The Morgan fingerprint density at radius 1 is 1.10 bits per heavy atom. The Morgan fingerprint density at radius 2 is 1.87 bits per heavy atom. The molecule has 3 atom stereocenters. The van der Waals surface area contributed by atoms with Gasteiger partial charge in [-0.2, -0.15) is 13.2 Å². The molecule has 2 N–H and O–H groups in total. The fourth-order valence-electron chi connectivity index (χ4n) is 4.41. The molecular weight excluding hydrogens is 412 g/mol. The van der Waals surface area contributed by atoms with Crippen LogP contribution in [0.1, 0.15) is 5.56 Å². The van der Waals surface area contributed by atoms with Crippen LogP contribution < -0.4 is 15.5 Å². The zero-order valence-electron chi connectivity index (χ0n) is 16.2. The molecule has 2 aromatic carbocycles. The van der Waals surface area contributed by atoms with Crippen LogP contribution in [0.25, 0.3) is 10.8 Å². The number of fused-ring (bicyclic) bond motifs is 2. The highest BCUT2D eigenvalue weighted by Gasteiger charge is 2.57. The highest BCUT2D eigenvalue weighted by atomic mass is 19.4. The number of carbonyl (C=O) groups excluding carboxylic acids is 1. The summed E-state index contributed by atoms with van der Waals surface area (Å²) in [6.45, 7) is 0.793. The van der Waals surface area contributed by atoms with E-state index >= 15 is 0 Å². The number of hydrogen-bond donors (Lipinski definition) is 2. The van der Waals surface area contributed by atoms with Gasteiger partial charge in [-0.25, -0.2) is 9.18 Å². The monoisotopic (exact) mass is 430 g/mol. The van der Waals surface area contributed by atoms with Gasteiger partial charge in [-0.3, -0.25) is 4.98 Å². The van der Waals surface area contributed by atoms with Crippen LogP contribution in [0.15, 0.2) is 54.9 Å². The van der Waals surface area contributed by atoms with E-state index in [0.29, 0.717) is 18.8 Å². The van der Waals surface area contributed by atoms with Crippen molar-refractivity contribution in [2.45, 2.75) is 12.2 Å². The first-order valence-electron chi connectivity index (χ1n) is 9.83. The SMILES string of the molecule is O=C(Nc1cccc2cnccc12)NC1C2CN(c3cc(C(F)(F)F)ccc3F)C[C@@H]21. The molecular formula is C22H18F4N4O. The topological polar surface area (TPSA) is 57.3 Å². The molecule has 3 aromatic rings. The Kier molecular flexibility index (Phi) is 4.49. The minimum Gasteiger partial charge on any atom is -0.368 e. The van der Waals surface area contributed by atoms with Gasteiger partial charge in [-0.05, 0) is 30.3 Å². The summed E-state index contributed by atoms with van der Waals surface area (Å²) in [7, 11) is 0. The number of aromatic nitrogens is 1. The van der Waals surface area contributed by atoms with E-state index in [1.165, 1.54) is 0 Å². The summed E-state index contributed by atoms with van der Waals surface area (Å²) < 4.78 is 53.0. The van der Waals surface area contributed by atoms with Crippen LogP contribution in [-0.2, 0) is 6.18 Å². The summed E-state index contributed by atoms with van der Waals surface area (Å²) in [4.78, 5) is 18.1. The van der Waals surface area contributed by atoms with E-state index < -0.39 is 17.6 Å². The molecule has 1 saturated heterocycles. The third-order valence-corrected chi connectivity index (χ3v) is 6.03. The van der Waals surface area contributed by atoms with Gasteiger partial charge in [0, 0.05) is 54.1 Å². The summed E-state index contributed by atoms with van der Waals surface area (Å²) in [6, 6.07) is 9.36. The predicted octanol–water partition coefficient (Wildman–Crippen LogP) is 4.65. The smallest absolute Gasteiger partial charge is 0.368 e. The Labute approximate surface area is 175 Å². The molecule has 1 aliphatic heterocycles. The molecule has 1 saturated carbocycles. The largest absolute Gasteiger partial charge is 0.416 e. The zero-order valence-corrected chi connectivity index (χ0v) is 16.2. The second kappa shape index (κ2) is 7.11. The lowest BCUT2D eigenvalue weighted by atomic mass is 10.1. The number of nitrogens with one attached hydrogen (secondary N) is 2. The van der Waals surface area contributed by atoms with Crippen LogP contribution in [0.5, 0.6) is 0 Å². The molecule has 2 aliphatic rings. The van der Waals surface area contributed by atoms with E-state index in [4.69, 9.17) is 0 Å². The maximum Gasteiger partial charge on any atom is 0.416 e. The summed E-state index contributed by atoms with van der Waals surface area (Å²) in [5.74, 6) is -0.519. The molecule has 5 rings (SSSR count).